The number of benzene rings is 3. The number of ether oxygens (including phenoxy) is 1. The van der Waals surface area contributed by atoms with Crippen molar-refractivity contribution in [1.29, 1.82) is 0 Å². The van der Waals surface area contributed by atoms with E-state index < -0.39 is 6.10 Å². The molecule has 0 saturated carbocycles. The van der Waals surface area contributed by atoms with Crippen molar-refractivity contribution >= 4 is 16.7 Å². The standard InChI is InChI=1S/C23H25NO2/c1-15-9-12-22(16(2)13-15)17(3)24-23(25)18(4)26-21-11-10-19-7-5-6-8-20(19)14-21/h5-14,17-18H,1-4H3,(H,24,25)/t17-,18-/m0/s1. The first-order valence-electron chi connectivity index (χ1n) is 8.97. The predicted molar refractivity (Wildman–Crippen MR) is 107 cm³/mol. The van der Waals surface area contributed by atoms with Crippen LogP contribution in [0.5, 0.6) is 5.75 Å². The summed E-state index contributed by atoms with van der Waals surface area (Å²) < 4.78 is 5.86. The highest BCUT2D eigenvalue weighted by Gasteiger charge is 2.18. The number of carbonyl (C=O) groups is 1. The van der Waals surface area contributed by atoms with Gasteiger partial charge in [0, 0.05) is 0 Å². The molecule has 0 aromatic heterocycles. The van der Waals surface area contributed by atoms with E-state index in [4.69, 9.17) is 4.74 Å². The van der Waals surface area contributed by atoms with Gasteiger partial charge in [-0.3, -0.25) is 4.79 Å². The Morgan fingerprint density at radius 2 is 1.65 bits per heavy atom. The lowest BCUT2D eigenvalue weighted by Gasteiger charge is -2.20. The van der Waals surface area contributed by atoms with Crippen LogP contribution in [-0.2, 0) is 4.79 Å². The molecule has 2 atom stereocenters. The molecule has 0 heterocycles. The smallest absolute Gasteiger partial charge is 0.261 e. The second kappa shape index (κ2) is 7.61. The van der Waals surface area contributed by atoms with E-state index in [-0.39, 0.29) is 11.9 Å². The van der Waals surface area contributed by atoms with Gasteiger partial charge in [0.05, 0.1) is 6.04 Å². The van der Waals surface area contributed by atoms with Crippen molar-refractivity contribution in [1.82, 2.24) is 5.32 Å². The van der Waals surface area contributed by atoms with Crippen LogP contribution >= 0.6 is 0 Å². The maximum Gasteiger partial charge on any atom is 0.261 e. The van der Waals surface area contributed by atoms with Gasteiger partial charge in [-0.2, -0.15) is 0 Å². The Bertz CT molecular complexity index is 932. The SMILES string of the molecule is Cc1ccc([C@H](C)NC(=O)[C@H](C)Oc2ccc3ccccc3c2)c(C)c1. The first-order valence-corrected chi connectivity index (χ1v) is 8.97. The van der Waals surface area contributed by atoms with Crippen LogP contribution in [0.2, 0.25) is 0 Å². The Morgan fingerprint density at radius 3 is 2.38 bits per heavy atom. The maximum absolute atomic E-state index is 12.5. The summed E-state index contributed by atoms with van der Waals surface area (Å²) in [5.41, 5.74) is 3.53. The van der Waals surface area contributed by atoms with Crippen molar-refractivity contribution in [3.05, 3.63) is 77.4 Å². The number of fused-ring (bicyclic) bond motifs is 1. The van der Waals surface area contributed by atoms with Crippen molar-refractivity contribution < 1.29 is 9.53 Å². The fraction of sp³-hybridized carbons (Fsp3) is 0.261. The summed E-state index contributed by atoms with van der Waals surface area (Å²) in [6, 6.07) is 20.2. The molecule has 0 bridgehead atoms. The van der Waals surface area contributed by atoms with E-state index in [1.807, 2.05) is 43.3 Å². The van der Waals surface area contributed by atoms with E-state index in [0.29, 0.717) is 5.75 Å². The predicted octanol–water partition coefficient (Wildman–Crippen LogP) is 5.10. The summed E-state index contributed by atoms with van der Waals surface area (Å²) in [4.78, 5) is 12.5. The monoisotopic (exact) mass is 347 g/mol. The summed E-state index contributed by atoms with van der Waals surface area (Å²) in [5, 5.41) is 5.30. The molecule has 0 radical (unpaired) electrons. The van der Waals surface area contributed by atoms with Gasteiger partial charge in [0.2, 0.25) is 0 Å². The summed E-state index contributed by atoms with van der Waals surface area (Å²) in [5.74, 6) is 0.580. The molecular formula is C23H25NO2. The van der Waals surface area contributed by atoms with E-state index in [1.165, 1.54) is 11.1 Å². The van der Waals surface area contributed by atoms with Crippen LogP contribution in [0, 0.1) is 13.8 Å². The molecule has 0 fully saturated rings. The molecular weight excluding hydrogens is 322 g/mol. The van der Waals surface area contributed by atoms with Crippen molar-refractivity contribution in [3.8, 4) is 5.75 Å². The molecule has 1 amide bonds. The van der Waals surface area contributed by atoms with E-state index in [9.17, 15) is 4.79 Å². The topological polar surface area (TPSA) is 38.3 Å². The van der Waals surface area contributed by atoms with E-state index >= 15 is 0 Å². The van der Waals surface area contributed by atoms with E-state index in [2.05, 4.69) is 43.4 Å². The van der Waals surface area contributed by atoms with E-state index in [1.54, 1.807) is 6.92 Å². The second-order valence-electron chi connectivity index (χ2n) is 6.86. The van der Waals surface area contributed by atoms with Crippen molar-refractivity contribution in [2.75, 3.05) is 0 Å². The molecule has 0 aliphatic heterocycles. The van der Waals surface area contributed by atoms with Gasteiger partial charge in [-0.05, 0) is 61.7 Å². The fourth-order valence-electron chi connectivity index (χ4n) is 3.22. The largest absolute Gasteiger partial charge is 0.481 e. The molecule has 0 aliphatic rings. The lowest BCUT2D eigenvalue weighted by Crippen LogP contribution is -2.38. The van der Waals surface area contributed by atoms with Gasteiger partial charge in [-0.1, -0.05) is 54.1 Å². The molecule has 26 heavy (non-hydrogen) atoms. The van der Waals surface area contributed by atoms with Crippen molar-refractivity contribution in [2.24, 2.45) is 0 Å². The summed E-state index contributed by atoms with van der Waals surface area (Å²) >= 11 is 0. The third-order valence-electron chi connectivity index (χ3n) is 4.65. The second-order valence-corrected chi connectivity index (χ2v) is 6.86. The third kappa shape index (κ3) is 4.05. The Hall–Kier alpha value is -2.81. The maximum atomic E-state index is 12.5. The van der Waals surface area contributed by atoms with Crippen LogP contribution in [0.3, 0.4) is 0 Å². The number of hydrogen-bond donors (Lipinski definition) is 1. The number of amides is 1. The van der Waals surface area contributed by atoms with Crippen LogP contribution < -0.4 is 10.1 Å². The van der Waals surface area contributed by atoms with Gasteiger partial charge in [-0.15, -0.1) is 0 Å². The number of aryl methyl sites for hydroxylation is 2. The number of carbonyl (C=O) groups excluding carboxylic acids is 1. The minimum absolute atomic E-state index is 0.0641. The normalized spacial score (nSPS) is 13.2. The van der Waals surface area contributed by atoms with Gasteiger partial charge >= 0.3 is 0 Å². The average Bonchev–Trinajstić information content (AvgIpc) is 2.61. The molecule has 3 nitrogen and oxygen atoms in total. The molecule has 1 N–H and O–H groups in total. The molecule has 134 valence electrons. The van der Waals surface area contributed by atoms with Crippen LogP contribution in [0.15, 0.2) is 60.7 Å². The van der Waals surface area contributed by atoms with Gasteiger partial charge < -0.3 is 10.1 Å². The molecule has 3 aromatic carbocycles. The minimum atomic E-state index is -0.565. The van der Waals surface area contributed by atoms with Crippen LogP contribution in [0.4, 0.5) is 0 Å². The lowest BCUT2D eigenvalue weighted by atomic mass is 10.00. The lowest BCUT2D eigenvalue weighted by molar-refractivity contribution is -0.127. The first-order chi connectivity index (χ1) is 12.4. The average molecular weight is 347 g/mol. The summed E-state index contributed by atoms with van der Waals surface area (Å²) in [6.07, 6.45) is -0.565. The quantitative estimate of drug-likeness (QED) is 0.697. The number of rotatable bonds is 5. The minimum Gasteiger partial charge on any atom is -0.481 e. The molecule has 0 aliphatic carbocycles. The zero-order valence-corrected chi connectivity index (χ0v) is 15.7. The zero-order valence-electron chi connectivity index (χ0n) is 15.7. The molecule has 3 heteroatoms. The van der Waals surface area contributed by atoms with Crippen LogP contribution in [0.1, 0.15) is 36.6 Å². The van der Waals surface area contributed by atoms with Gasteiger partial charge in [-0.25, -0.2) is 0 Å². The molecule has 0 spiro atoms. The van der Waals surface area contributed by atoms with Crippen molar-refractivity contribution in [3.63, 3.8) is 0 Å². The van der Waals surface area contributed by atoms with Crippen LogP contribution in [-0.4, -0.2) is 12.0 Å². The molecule has 3 aromatic rings. The van der Waals surface area contributed by atoms with Gasteiger partial charge in [0.1, 0.15) is 5.75 Å². The molecule has 3 rings (SSSR count). The third-order valence-corrected chi connectivity index (χ3v) is 4.65. The van der Waals surface area contributed by atoms with Crippen molar-refractivity contribution in [2.45, 2.75) is 39.8 Å². The highest BCUT2D eigenvalue weighted by atomic mass is 16.5. The fourth-order valence-corrected chi connectivity index (χ4v) is 3.22. The van der Waals surface area contributed by atoms with Crippen LogP contribution in [0.25, 0.3) is 10.8 Å². The Balaban J connectivity index is 1.66. The highest BCUT2D eigenvalue weighted by Crippen LogP contribution is 2.22. The Labute approximate surface area is 155 Å². The summed E-state index contributed by atoms with van der Waals surface area (Å²) in [7, 11) is 0. The van der Waals surface area contributed by atoms with E-state index in [0.717, 1.165) is 16.3 Å². The first kappa shape index (κ1) is 18.0. The zero-order chi connectivity index (χ0) is 18.7. The number of nitrogens with one attached hydrogen (secondary N) is 1. The van der Waals surface area contributed by atoms with Gasteiger partial charge in [0.15, 0.2) is 6.10 Å². The highest BCUT2D eigenvalue weighted by molar-refractivity contribution is 5.84. The van der Waals surface area contributed by atoms with Gasteiger partial charge in [0.25, 0.3) is 5.91 Å². The molecule has 0 saturated heterocycles. The Kier molecular flexibility index (Phi) is 5.27. The molecule has 0 unspecified atom stereocenters. The number of hydrogen-bond acceptors (Lipinski definition) is 2. The Morgan fingerprint density at radius 1 is 0.923 bits per heavy atom. The summed E-state index contributed by atoms with van der Waals surface area (Å²) in [6.45, 7) is 7.91.